The second-order valence-corrected chi connectivity index (χ2v) is 3.75. The van der Waals surface area contributed by atoms with Gasteiger partial charge < -0.3 is 5.11 Å². The van der Waals surface area contributed by atoms with E-state index in [0.717, 1.165) is 25.7 Å². The van der Waals surface area contributed by atoms with E-state index in [9.17, 15) is 9.90 Å². The van der Waals surface area contributed by atoms with Crippen LogP contribution in [-0.2, 0) is 4.79 Å². The van der Waals surface area contributed by atoms with Crippen molar-refractivity contribution in [3.05, 3.63) is 12.2 Å². The summed E-state index contributed by atoms with van der Waals surface area (Å²) in [5, 5.41) is 9.93. The van der Waals surface area contributed by atoms with E-state index in [4.69, 9.17) is 0 Å². The van der Waals surface area contributed by atoms with E-state index in [-0.39, 0.29) is 5.78 Å². The lowest BCUT2D eigenvalue weighted by molar-refractivity contribution is -0.133. The zero-order chi connectivity index (χ0) is 9.73. The minimum atomic E-state index is -1.13. The van der Waals surface area contributed by atoms with Crippen molar-refractivity contribution < 1.29 is 9.90 Å². The Kier molecular flexibility index (Phi) is 3.67. The highest BCUT2D eigenvalue weighted by atomic mass is 16.3. The van der Waals surface area contributed by atoms with Crippen LogP contribution < -0.4 is 0 Å². The molecule has 1 rings (SSSR count). The summed E-state index contributed by atoms with van der Waals surface area (Å²) >= 11 is 0. The summed E-state index contributed by atoms with van der Waals surface area (Å²) in [4.78, 5) is 11.6. The van der Waals surface area contributed by atoms with Crippen molar-refractivity contribution in [1.82, 2.24) is 0 Å². The normalized spacial score (nSPS) is 27.5. The van der Waals surface area contributed by atoms with Gasteiger partial charge in [0.25, 0.3) is 0 Å². The zero-order valence-electron chi connectivity index (χ0n) is 8.25. The van der Waals surface area contributed by atoms with Crippen LogP contribution in [0.15, 0.2) is 12.2 Å². The van der Waals surface area contributed by atoms with Crippen LogP contribution in [0.2, 0.25) is 0 Å². The highest BCUT2D eigenvalue weighted by molar-refractivity contribution is 5.89. The molecule has 0 amide bonds. The van der Waals surface area contributed by atoms with Gasteiger partial charge in [-0.3, -0.25) is 4.79 Å². The number of ketones is 1. The second-order valence-electron chi connectivity index (χ2n) is 3.75. The van der Waals surface area contributed by atoms with Crippen LogP contribution >= 0.6 is 0 Å². The van der Waals surface area contributed by atoms with Crippen molar-refractivity contribution in [1.29, 1.82) is 0 Å². The van der Waals surface area contributed by atoms with Gasteiger partial charge in [-0.15, -0.1) is 0 Å². The first-order valence-electron chi connectivity index (χ1n) is 5.12. The Morgan fingerprint density at radius 3 is 2.92 bits per heavy atom. The standard InChI is InChI=1S/C11H18O2/c1-2-3-7-10(12)11(13)8-5-4-6-9-11/h5,8,13H,2-4,6-7,9H2,1H3. The third-order valence-corrected chi connectivity index (χ3v) is 2.56. The smallest absolute Gasteiger partial charge is 0.168 e. The summed E-state index contributed by atoms with van der Waals surface area (Å²) in [5.41, 5.74) is -1.13. The van der Waals surface area contributed by atoms with E-state index in [0.29, 0.717) is 12.8 Å². The van der Waals surface area contributed by atoms with Crippen molar-refractivity contribution in [2.45, 2.75) is 51.0 Å². The van der Waals surface area contributed by atoms with Gasteiger partial charge in [-0.25, -0.2) is 0 Å². The lowest BCUT2D eigenvalue weighted by atomic mass is 9.85. The molecule has 0 radical (unpaired) electrons. The SMILES string of the molecule is CCCCC(=O)C1(O)C=CCCC1. The fourth-order valence-corrected chi connectivity index (χ4v) is 1.64. The summed E-state index contributed by atoms with van der Waals surface area (Å²) < 4.78 is 0. The second kappa shape index (κ2) is 4.56. The van der Waals surface area contributed by atoms with E-state index in [1.807, 2.05) is 13.0 Å². The minimum absolute atomic E-state index is 0.00898. The molecule has 2 nitrogen and oxygen atoms in total. The minimum Gasteiger partial charge on any atom is -0.378 e. The predicted molar refractivity (Wildman–Crippen MR) is 52.5 cm³/mol. The number of Topliss-reactive ketones (excluding diaryl/α,β-unsaturated/α-hetero) is 1. The molecule has 0 aromatic carbocycles. The van der Waals surface area contributed by atoms with Crippen LogP contribution in [0, 0.1) is 0 Å². The Balaban J connectivity index is 2.52. The first kappa shape index (κ1) is 10.5. The third-order valence-electron chi connectivity index (χ3n) is 2.56. The van der Waals surface area contributed by atoms with Gasteiger partial charge in [0.1, 0.15) is 5.60 Å². The van der Waals surface area contributed by atoms with Crippen LogP contribution in [0.5, 0.6) is 0 Å². The van der Waals surface area contributed by atoms with Crippen LogP contribution in [0.25, 0.3) is 0 Å². The molecule has 0 fully saturated rings. The summed E-state index contributed by atoms with van der Waals surface area (Å²) in [6, 6.07) is 0. The maximum Gasteiger partial charge on any atom is 0.168 e. The van der Waals surface area contributed by atoms with Gasteiger partial charge in [-0.05, 0) is 31.8 Å². The van der Waals surface area contributed by atoms with Gasteiger partial charge in [0.15, 0.2) is 5.78 Å². The van der Waals surface area contributed by atoms with Crippen molar-refractivity contribution in [2.24, 2.45) is 0 Å². The molecule has 0 spiro atoms. The molecule has 1 unspecified atom stereocenters. The van der Waals surface area contributed by atoms with Gasteiger partial charge in [-0.2, -0.15) is 0 Å². The zero-order valence-corrected chi connectivity index (χ0v) is 8.25. The van der Waals surface area contributed by atoms with Gasteiger partial charge in [0.2, 0.25) is 0 Å². The molecule has 2 heteroatoms. The molecular formula is C11H18O2. The van der Waals surface area contributed by atoms with Crippen LogP contribution in [0.1, 0.15) is 45.4 Å². The highest BCUT2D eigenvalue weighted by Crippen LogP contribution is 2.24. The van der Waals surface area contributed by atoms with Gasteiger partial charge in [0, 0.05) is 6.42 Å². The first-order valence-corrected chi connectivity index (χ1v) is 5.12. The summed E-state index contributed by atoms with van der Waals surface area (Å²) in [5.74, 6) is -0.00898. The average Bonchev–Trinajstić information content (AvgIpc) is 2.15. The van der Waals surface area contributed by atoms with Crippen LogP contribution in [-0.4, -0.2) is 16.5 Å². The Hall–Kier alpha value is -0.630. The Morgan fingerprint density at radius 2 is 2.38 bits per heavy atom. The molecule has 1 N–H and O–H groups in total. The van der Waals surface area contributed by atoms with Crippen molar-refractivity contribution >= 4 is 5.78 Å². The average molecular weight is 182 g/mol. The van der Waals surface area contributed by atoms with Gasteiger partial charge >= 0.3 is 0 Å². The largest absolute Gasteiger partial charge is 0.378 e. The van der Waals surface area contributed by atoms with Crippen LogP contribution in [0.3, 0.4) is 0 Å². The maximum atomic E-state index is 11.6. The number of carbonyl (C=O) groups is 1. The molecule has 1 atom stereocenters. The van der Waals surface area contributed by atoms with E-state index in [1.165, 1.54) is 0 Å². The summed E-state index contributed by atoms with van der Waals surface area (Å²) in [6.45, 7) is 2.05. The Labute approximate surface area is 79.6 Å². The molecule has 0 aliphatic heterocycles. The quantitative estimate of drug-likeness (QED) is 0.677. The van der Waals surface area contributed by atoms with E-state index < -0.39 is 5.60 Å². The molecule has 0 saturated heterocycles. The number of hydrogen-bond donors (Lipinski definition) is 1. The lowest BCUT2D eigenvalue weighted by Gasteiger charge is -2.25. The molecule has 0 saturated carbocycles. The maximum absolute atomic E-state index is 11.6. The topological polar surface area (TPSA) is 37.3 Å². The number of allylic oxidation sites excluding steroid dienone is 1. The van der Waals surface area contributed by atoms with E-state index in [2.05, 4.69) is 0 Å². The number of hydrogen-bond acceptors (Lipinski definition) is 2. The van der Waals surface area contributed by atoms with Gasteiger partial charge in [-0.1, -0.05) is 19.4 Å². The molecule has 0 aromatic rings. The van der Waals surface area contributed by atoms with E-state index >= 15 is 0 Å². The third kappa shape index (κ3) is 2.66. The molecular weight excluding hydrogens is 164 g/mol. The predicted octanol–water partition coefficient (Wildman–Crippen LogP) is 2.22. The van der Waals surface area contributed by atoms with Crippen molar-refractivity contribution in [3.8, 4) is 0 Å². The number of carbonyl (C=O) groups excluding carboxylic acids is 1. The molecule has 1 aliphatic carbocycles. The first-order chi connectivity index (χ1) is 6.19. The molecule has 0 aromatic heterocycles. The molecule has 13 heavy (non-hydrogen) atoms. The van der Waals surface area contributed by atoms with Crippen molar-refractivity contribution in [3.63, 3.8) is 0 Å². The van der Waals surface area contributed by atoms with Crippen molar-refractivity contribution in [2.75, 3.05) is 0 Å². The Bertz CT molecular complexity index is 208. The number of rotatable bonds is 4. The fraction of sp³-hybridized carbons (Fsp3) is 0.727. The highest BCUT2D eigenvalue weighted by Gasteiger charge is 2.32. The lowest BCUT2D eigenvalue weighted by Crippen LogP contribution is -2.37. The van der Waals surface area contributed by atoms with Crippen LogP contribution in [0.4, 0.5) is 0 Å². The number of aliphatic hydroxyl groups is 1. The summed E-state index contributed by atoms with van der Waals surface area (Å²) in [7, 11) is 0. The monoisotopic (exact) mass is 182 g/mol. The molecule has 0 heterocycles. The van der Waals surface area contributed by atoms with E-state index in [1.54, 1.807) is 6.08 Å². The van der Waals surface area contributed by atoms with Gasteiger partial charge in [0.05, 0.1) is 0 Å². The molecule has 0 bridgehead atoms. The Morgan fingerprint density at radius 1 is 1.62 bits per heavy atom. The molecule has 1 aliphatic rings. The summed E-state index contributed by atoms with van der Waals surface area (Å²) in [6.07, 6.45) is 8.50. The molecule has 74 valence electrons. The number of unbranched alkanes of at least 4 members (excludes halogenated alkanes) is 1. The fourth-order valence-electron chi connectivity index (χ4n) is 1.64.